The van der Waals surface area contributed by atoms with Crippen LogP contribution in [0.5, 0.6) is 0 Å². The fourth-order valence-corrected chi connectivity index (χ4v) is 2.51. The number of rotatable bonds is 5. The number of benzene rings is 2. The summed E-state index contributed by atoms with van der Waals surface area (Å²) in [6.07, 6.45) is 0.906. The van der Waals surface area contributed by atoms with Crippen LogP contribution in [0.25, 0.3) is 10.8 Å². The van der Waals surface area contributed by atoms with Crippen LogP contribution in [0.4, 0.5) is 0 Å². The molecule has 3 N–H and O–H groups in total. The third-order valence-electron chi connectivity index (χ3n) is 4.51. The number of nitrogens with zero attached hydrogens (tertiary/aromatic N) is 1. The smallest absolute Gasteiger partial charge is 0.0429 e. The van der Waals surface area contributed by atoms with Gasteiger partial charge in [-0.3, -0.25) is 11.3 Å². The van der Waals surface area contributed by atoms with E-state index >= 15 is 0 Å². The van der Waals surface area contributed by atoms with Crippen LogP contribution in [0.3, 0.4) is 0 Å². The molecule has 0 amide bonds. The molecule has 0 bridgehead atoms. The highest BCUT2D eigenvalue weighted by atomic mass is 15.3. The molecule has 0 saturated carbocycles. The zero-order valence-corrected chi connectivity index (χ0v) is 12.9. The first-order valence-electron chi connectivity index (χ1n) is 7.07. The van der Waals surface area contributed by atoms with Crippen molar-refractivity contribution in [2.24, 2.45) is 5.84 Å². The molecule has 108 valence electrons. The van der Waals surface area contributed by atoms with Crippen molar-refractivity contribution in [1.29, 1.82) is 0 Å². The molecule has 0 aromatic heterocycles. The topological polar surface area (TPSA) is 41.3 Å². The minimum absolute atomic E-state index is 0.0221. The molecule has 0 aliphatic heterocycles. The lowest BCUT2D eigenvalue weighted by Gasteiger charge is -2.40. The van der Waals surface area contributed by atoms with Gasteiger partial charge in [0.1, 0.15) is 0 Å². The molecule has 0 aliphatic rings. The second kappa shape index (κ2) is 5.92. The first-order chi connectivity index (χ1) is 9.46. The van der Waals surface area contributed by atoms with E-state index in [9.17, 15) is 0 Å². The molecule has 0 spiro atoms. The van der Waals surface area contributed by atoms with E-state index in [2.05, 4.69) is 80.7 Å². The lowest BCUT2D eigenvalue weighted by atomic mass is 9.87. The van der Waals surface area contributed by atoms with Gasteiger partial charge in [-0.25, -0.2) is 0 Å². The van der Waals surface area contributed by atoms with Crippen LogP contribution in [0, 0.1) is 0 Å². The summed E-state index contributed by atoms with van der Waals surface area (Å²) >= 11 is 0. The Morgan fingerprint density at radius 2 is 1.75 bits per heavy atom. The van der Waals surface area contributed by atoms with Crippen molar-refractivity contribution in [2.75, 3.05) is 14.1 Å². The number of fused-ring (bicyclic) bond motifs is 1. The van der Waals surface area contributed by atoms with E-state index in [1.807, 2.05) is 0 Å². The Kier molecular flexibility index (Phi) is 4.43. The Bertz CT molecular complexity index is 570. The van der Waals surface area contributed by atoms with Crippen molar-refractivity contribution < 1.29 is 0 Å². The van der Waals surface area contributed by atoms with Gasteiger partial charge in [0, 0.05) is 11.6 Å². The summed E-state index contributed by atoms with van der Waals surface area (Å²) in [4.78, 5) is 2.21. The first-order valence-corrected chi connectivity index (χ1v) is 7.07. The number of hydrogen-bond donors (Lipinski definition) is 2. The average Bonchev–Trinajstić information content (AvgIpc) is 2.44. The first kappa shape index (κ1) is 15.0. The zero-order chi connectivity index (χ0) is 14.8. The van der Waals surface area contributed by atoms with Crippen molar-refractivity contribution in [1.82, 2.24) is 10.3 Å². The van der Waals surface area contributed by atoms with Gasteiger partial charge in [-0.2, -0.15) is 0 Å². The van der Waals surface area contributed by atoms with Crippen molar-refractivity contribution in [2.45, 2.75) is 31.8 Å². The fourth-order valence-electron chi connectivity index (χ4n) is 2.51. The number of nitrogens with one attached hydrogen (secondary N) is 1. The van der Waals surface area contributed by atoms with Gasteiger partial charge < -0.3 is 4.90 Å². The highest BCUT2D eigenvalue weighted by Gasteiger charge is 2.31. The summed E-state index contributed by atoms with van der Waals surface area (Å²) < 4.78 is 0. The van der Waals surface area contributed by atoms with E-state index in [1.54, 1.807) is 0 Å². The predicted molar refractivity (Wildman–Crippen MR) is 86.5 cm³/mol. The second-order valence-corrected chi connectivity index (χ2v) is 6.11. The summed E-state index contributed by atoms with van der Waals surface area (Å²) in [5.74, 6) is 5.81. The van der Waals surface area contributed by atoms with Gasteiger partial charge in [0.15, 0.2) is 0 Å². The summed E-state index contributed by atoms with van der Waals surface area (Å²) in [6.45, 7) is 4.42. The van der Waals surface area contributed by atoms with Crippen LogP contribution in [0.2, 0.25) is 0 Å². The zero-order valence-electron chi connectivity index (χ0n) is 12.9. The number of hydrazine groups is 1. The van der Waals surface area contributed by atoms with Crippen LogP contribution in [-0.4, -0.2) is 30.6 Å². The number of hydrogen-bond acceptors (Lipinski definition) is 3. The van der Waals surface area contributed by atoms with E-state index in [0.29, 0.717) is 0 Å². The van der Waals surface area contributed by atoms with Crippen LogP contribution < -0.4 is 11.3 Å². The SMILES string of the molecule is CN(C)C(C)(C)C(Cc1cccc2ccccc12)NN. The Morgan fingerprint density at radius 3 is 2.40 bits per heavy atom. The molecule has 1 atom stereocenters. The molecule has 0 saturated heterocycles. The predicted octanol–water partition coefficient (Wildman–Crippen LogP) is 2.55. The molecule has 3 heteroatoms. The van der Waals surface area contributed by atoms with E-state index in [-0.39, 0.29) is 11.6 Å². The summed E-state index contributed by atoms with van der Waals surface area (Å²) in [7, 11) is 4.18. The molecule has 1 unspecified atom stereocenters. The maximum Gasteiger partial charge on any atom is 0.0429 e. The number of likely N-dealkylation sites (N-methyl/N-ethyl adjacent to an activating group) is 1. The van der Waals surface area contributed by atoms with Crippen molar-refractivity contribution in [3.63, 3.8) is 0 Å². The minimum atomic E-state index is -0.0221. The molecule has 20 heavy (non-hydrogen) atoms. The van der Waals surface area contributed by atoms with Gasteiger partial charge in [0.2, 0.25) is 0 Å². The van der Waals surface area contributed by atoms with Crippen molar-refractivity contribution >= 4 is 10.8 Å². The third-order valence-corrected chi connectivity index (χ3v) is 4.51. The van der Waals surface area contributed by atoms with Crippen LogP contribution in [0.1, 0.15) is 19.4 Å². The van der Waals surface area contributed by atoms with E-state index < -0.39 is 0 Å². The van der Waals surface area contributed by atoms with Crippen LogP contribution in [-0.2, 0) is 6.42 Å². The average molecular weight is 271 g/mol. The van der Waals surface area contributed by atoms with Gasteiger partial charge in [0.05, 0.1) is 0 Å². The van der Waals surface area contributed by atoms with Crippen LogP contribution >= 0.6 is 0 Å². The highest BCUT2D eigenvalue weighted by Crippen LogP contribution is 2.24. The summed E-state index contributed by atoms with van der Waals surface area (Å²) in [6, 6.07) is 15.2. The molecule has 2 aromatic carbocycles. The maximum atomic E-state index is 5.81. The Labute approximate surface area is 121 Å². The monoisotopic (exact) mass is 271 g/mol. The number of nitrogens with two attached hydrogens (primary N) is 1. The van der Waals surface area contributed by atoms with Gasteiger partial charge in [0.25, 0.3) is 0 Å². The van der Waals surface area contributed by atoms with Gasteiger partial charge in [-0.15, -0.1) is 0 Å². The summed E-state index contributed by atoms with van der Waals surface area (Å²) in [5.41, 5.74) is 4.31. The van der Waals surface area contributed by atoms with Gasteiger partial charge in [-0.1, -0.05) is 42.5 Å². The normalized spacial score (nSPS) is 13.9. The third kappa shape index (κ3) is 2.85. The van der Waals surface area contributed by atoms with Gasteiger partial charge in [-0.05, 0) is 50.7 Å². The lowest BCUT2D eigenvalue weighted by Crippen LogP contribution is -2.58. The second-order valence-electron chi connectivity index (χ2n) is 6.11. The Hall–Kier alpha value is -1.42. The molecule has 0 fully saturated rings. The largest absolute Gasteiger partial charge is 0.303 e. The molecule has 0 radical (unpaired) electrons. The Balaban J connectivity index is 2.35. The van der Waals surface area contributed by atoms with E-state index in [4.69, 9.17) is 5.84 Å². The van der Waals surface area contributed by atoms with E-state index in [1.165, 1.54) is 16.3 Å². The van der Waals surface area contributed by atoms with Gasteiger partial charge >= 0.3 is 0 Å². The van der Waals surface area contributed by atoms with Crippen molar-refractivity contribution in [3.8, 4) is 0 Å². The molecular formula is C17H25N3. The summed E-state index contributed by atoms with van der Waals surface area (Å²) in [5, 5.41) is 2.59. The van der Waals surface area contributed by atoms with Crippen LogP contribution in [0.15, 0.2) is 42.5 Å². The fraction of sp³-hybridized carbons (Fsp3) is 0.412. The molecular weight excluding hydrogens is 246 g/mol. The lowest BCUT2D eigenvalue weighted by molar-refractivity contribution is 0.137. The Morgan fingerprint density at radius 1 is 1.10 bits per heavy atom. The highest BCUT2D eigenvalue weighted by molar-refractivity contribution is 5.85. The van der Waals surface area contributed by atoms with E-state index in [0.717, 1.165) is 6.42 Å². The molecule has 2 aromatic rings. The molecule has 0 heterocycles. The molecule has 0 aliphatic carbocycles. The molecule has 2 rings (SSSR count). The quantitative estimate of drug-likeness (QED) is 0.648. The molecule has 3 nitrogen and oxygen atoms in total. The van der Waals surface area contributed by atoms with Crippen molar-refractivity contribution in [3.05, 3.63) is 48.0 Å². The standard InChI is InChI=1S/C17H25N3/c1-17(2,20(3)4)16(19-18)12-14-10-7-9-13-8-5-6-11-15(13)14/h5-11,16,19H,12,18H2,1-4H3. The maximum absolute atomic E-state index is 5.81. The minimum Gasteiger partial charge on any atom is -0.303 e.